The first kappa shape index (κ1) is 14.7. The molecule has 1 aromatic heterocycles. The van der Waals surface area contributed by atoms with Crippen molar-refractivity contribution >= 4 is 11.6 Å². The van der Waals surface area contributed by atoms with Crippen LogP contribution in [0, 0.1) is 41.4 Å². The van der Waals surface area contributed by atoms with Crippen LogP contribution >= 0.6 is 0 Å². The molecule has 0 aliphatic heterocycles. The summed E-state index contributed by atoms with van der Waals surface area (Å²) < 4.78 is 5.40. The Balaban J connectivity index is 1.45. The van der Waals surface area contributed by atoms with Gasteiger partial charge in [-0.1, -0.05) is 0 Å². The quantitative estimate of drug-likeness (QED) is 0.666. The van der Waals surface area contributed by atoms with Crippen molar-refractivity contribution in [1.82, 2.24) is 4.98 Å². The highest BCUT2D eigenvalue weighted by molar-refractivity contribution is 5.83. The van der Waals surface area contributed by atoms with Crippen LogP contribution < -0.4 is 5.43 Å². The van der Waals surface area contributed by atoms with Crippen LogP contribution in [0.4, 0.5) is 5.88 Å². The Morgan fingerprint density at radius 3 is 2.48 bits per heavy atom. The summed E-state index contributed by atoms with van der Waals surface area (Å²) in [5.74, 6) is 3.73. The predicted octanol–water partition coefficient (Wildman–Crippen LogP) is 4.25. The summed E-state index contributed by atoms with van der Waals surface area (Å²) in [4.78, 5) is 4.03. The average molecular weight is 312 g/mol. The maximum Gasteiger partial charge on any atom is 0.252 e. The molecule has 23 heavy (non-hydrogen) atoms. The number of hydrazone groups is 1. The zero-order valence-electron chi connectivity index (χ0n) is 13.9. The molecule has 4 bridgehead atoms. The minimum absolute atomic E-state index is 0.272. The Labute approximate surface area is 137 Å². The third-order valence-electron chi connectivity index (χ3n) is 5.98. The molecule has 1 N–H and O–H groups in total. The van der Waals surface area contributed by atoms with Crippen LogP contribution in [0.5, 0.6) is 0 Å². The van der Waals surface area contributed by atoms with E-state index >= 15 is 0 Å². The van der Waals surface area contributed by atoms with Gasteiger partial charge in [-0.15, -0.1) is 0 Å². The number of oxazole rings is 1. The summed E-state index contributed by atoms with van der Waals surface area (Å²) in [5, 5.41) is 13.5. The van der Waals surface area contributed by atoms with Crippen LogP contribution in [0.1, 0.15) is 63.5 Å². The molecule has 4 aliphatic rings. The van der Waals surface area contributed by atoms with Crippen LogP contribution in [-0.2, 0) is 0 Å². The number of nitriles is 1. The molecule has 5 rings (SSSR count). The van der Waals surface area contributed by atoms with Gasteiger partial charge in [0.2, 0.25) is 5.69 Å². The van der Waals surface area contributed by atoms with E-state index in [-0.39, 0.29) is 5.69 Å². The minimum atomic E-state index is 0.272. The van der Waals surface area contributed by atoms with E-state index in [0.29, 0.717) is 17.2 Å². The molecule has 0 unspecified atom stereocenters. The van der Waals surface area contributed by atoms with Crippen LogP contribution in [0.3, 0.4) is 0 Å². The zero-order chi connectivity index (χ0) is 16.0. The molecule has 1 heterocycles. The maximum atomic E-state index is 9.05. The second-order valence-corrected chi connectivity index (χ2v) is 8.08. The lowest BCUT2D eigenvalue weighted by Crippen LogP contribution is -2.46. The summed E-state index contributed by atoms with van der Waals surface area (Å²) in [6, 6.07) is 2.03. The van der Waals surface area contributed by atoms with Crippen molar-refractivity contribution in [2.24, 2.45) is 28.3 Å². The fraction of sp³-hybridized carbons (Fsp3) is 0.722. The lowest BCUT2D eigenvalue weighted by molar-refractivity contribution is -0.0482. The number of anilines is 1. The highest BCUT2D eigenvalue weighted by Gasteiger charge is 2.50. The van der Waals surface area contributed by atoms with Crippen LogP contribution in [-0.4, -0.2) is 10.7 Å². The molecular weight excluding hydrogens is 288 g/mol. The Kier molecular flexibility index (Phi) is 3.44. The SMILES string of the molecule is CC(CC12CC3CC(CC(C3)C1)C2)=NNc1oc(C)nc1C#N. The standard InChI is InChI=1S/C18H24N4O/c1-11(21-22-17-16(10-19)20-12(2)23-17)6-18-7-13-3-14(8-18)5-15(4-13)9-18/h13-15,22H,3-9H2,1-2H3. The van der Waals surface area contributed by atoms with E-state index in [1.807, 2.05) is 6.07 Å². The zero-order valence-corrected chi connectivity index (χ0v) is 13.9. The van der Waals surface area contributed by atoms with E-state index in [9.17, 15) is 0 Å². The van der Waals surface area contributed by atoms with Gasteiger partial charge in [-0.25, -0.2) is 10.4 Å². The van der Waals surface area contributed by atoms with Gasteiger partial charge in [0.25, 0.3) is 5.88 Å². The van der Waals surface area contributed by atoms with Gasteiger partial charge < -0.3 is 4.42 Å². The Bertz CT molecular complexity index is 646. The molecule has 0 atom stereocenters. The normalized spacial score (nSPS) is 35.3. The van der Waals surface area contributed by atoms with Crippen LogP contribution in [0.2, 0.25) is 0 Å². The third-order valence-corrected chi connectivity index (χ3v) is 5.98. The summed E-state index contributed by atoms with van der Waals surface area (Å²) in [7, 11) is 0. The second-order valence-electron chi connectivity index (χ2n) is 8.08. The third kappa shape index (κ3) is 2.75. The van der Waals surface area contributed by atoms with Crippen LogP contribution in [0.15, 0.2) is 9.52 Å². The maximum absolute atomic E-state index is 9.05. The predicted molar refractivity (Wildman–Crippen MR) is 87.9 cm³/mol. The minimum Gasteiger partial charge on any atom is -0.422 e. The molecule has 4 aliphatic carbocycles. The van der Waals surface area contributed by atoms with E-state index in [0.717, 1.165) is 29.9 Å². The van der Waals surface area contributed by atoms with Gasteiger partial charge in [0.1, 0.15) is 6.07 Å². The van der Waals surface area contributed by atoms with Gasteiger partial charge in [0.15, 0.2) is 5.89 Å². The van der Waals surface area contributed by atoms with Crippen molar-refractivity contribution in [2.75, 3.05) is 5.43 Å². The fourth-order valence-corrected chi connectivity index (χ4v) is 5.81. The van der Waals surface area contributed by atoms with Crippen molar-refractivity contribution in [2.45, 2.75) is 58.8 Å². The van der Waals surface area contributed by atoms with Gasteiger partial charge in [-0.2, -0.15) is 10.4 Å². The molecule has 4 saturated carbocycles. The lowest BCUT2D eigenvalue weighted by Gasteiger charge is -2.57. The first-order valence-electron chi connectivity index (χ1n) is 8.72. The highest BCUT2D eigenvalue weighted by atomic mass is 16.4. The Morgan fingerprint density at radius 1 is 1.30 bits per heavy atom. The number of hydrogen-bond donors (Lipinski definition) is 1. The van der Waals surface area contributed by atoms with Crippen molar-refractivity contribution in [3.8, 4) is 6.07 Å². The Morgan fingerprint density at radius 2 is 1.91 bits per heavy atom. The van der Waals surface area contributed by atoms with E-state index in [2.05, 4.69) is 22.4 Å². The van der Waals surface area contributed by atoms with E-state index in [4.69, 9.17) is 9.68 Å². The summed E-state index contributed by atoms with van der Waals surface area (Å²) in [6.07, 6.45) is 9.63. The monoisotopic (exact) mass is 312 g/mol. The van der Waals surface area contributed by atoms with Crippen molar-refractivity contribution in [3.63, 3.8) is 0 Å². The summed E-state index contributed by atoms with van der Waals surface area (Å²) in [6.45, 7) is 3.82. The van der Waals surface area contributed by atoms with Gasteiger partial charge in [-0.05, 0) is 75.0 Å². The Hall–Kier alpha value is -1.83. The smallest absolute Gasteiger partial charge is 0.252 e. The molecule has 1 aromatic rings. The van der Waals surface area contributed by atoms with E-state index in [1.54, 1.807) is 6.92 Å². The fourth-order valence-electron chi connectivity index (χ4n) is 5.81. The van der Waals surface area contributed by atoms with Crippen LogP contribution in [0.25, 0.3) is 0 Å². The average Bonchev–Trinajstić information content (AvgIpc) is 2.83. The molecule has 5 nitrogen and oxygen atoms in total. The van der Waals surface area contributed by atoms with Gasteiger partial charge in [0, 0.05) is 12.6 Å². The largest absolute Gasteiger partial charge is 0.422 e. The number of aromatic nitrogens is 1. The first-order valence-corrected chi connectivity index (χ1v) is 8.72. The van der Waals surface area contributed by atoms with E-state index in [1.165, 1.54) is 38.5 Å². The molecule has 0 amide bonds. The van der Waals surface area contributed by atoms with E-state index < -0.39 is 0 Å². The number of hydrogen-bond acceptors (Lipinski definition) is 5. The number of aryl methyl sites for hydroxylation is 1. The molecule has 122 valence electrons. The summed E-state index contributed by atoms with van der Waals surface area (Å²) in [5.41, 5.74) is 4.76. The molecule has 0 spiro atoms. The van der Waals surface area contributed by atoms with Gasteiger partial charge >= 0.3 is 0 Å². The molecule has 5 heteroatoms. The molecule has 0 radical (unpaired) electrons. The molecule has 0 saturated heterocycles. The van der Waals surface area contributed by atoms with Crippen molar-refractivity contribution in [3.05, 3.63) is 11.6 Å². The van der Waals surface area contributed by atoms with Crippen molar-refractivity contribution < 1.29 is 4.42 Å². The molecule has 0 aromatic carbocycles. The highest BCUT2D eigenvalue weighted by Crippen LogP contribution is 2.61. The molecule has 4 fully saturated rings. The number of nitrogens with one attached hydrogen (secondary N) is 1. The second kappa shape index (κ2) is 5.36. The number of nitrogens with zero attached hydrogens (tertiary/aromatic N) is 3. The summed E-state index contributed by atoms with van der Waals surface area (Å²) >= 11 is 0. The molecular formula is C18H24N4O. The number of rotatable bonds is 4. The lowest BCUT2D eigenvalue weighted by atomic mass is 9.48. The topological polar surface area (TPSA) is 74.2 Å². The van der Waals surface area contributed by atoms with Gasteiger partial charge in [-0.3, -0.25) is 0 Å². The van der Waals surface area contributed by atoms with Crippen molar-refractivity contribution in [1.29, 1.82) is 5.26 Å². The van der Waals surface area contributed by atoms with Gasteiger partial charge in [0.05, 0.1) is 0 Å². The first-order chi connectivity index (χ1) is 11.0.